The molecule has 2 aromatic rings. The normalized spacial score (nSPS) is 10.9. The van der Waals surface area contributed by atoms with E-state index >= 15 is 0 Å². The number of imidazole rings is 1. The van der Waals surface area contributed by atoms with Gasteiger partial charge in [-0.15, -0.1) is 11.3 Å². The number of ketones is 1. The summed E-state index contributed by atoms with van der Waals surface area (Å²) >= 11 is 1.56. The summed E-state index contributed by atoms with van der Waals surface area (Å²) in [5.41, 5.74) is 0.805. The van der Waals surface area contributed by atoms with Crippen molar-refractivity contribution in [3.8, 4) is 0 Å². The molecule has 0 saturated heterocycles. The lowest BCUT2D eigenvalue weighted by Crippen LogP contribution is -2.09. The Labute approximate surface area is 85.1 Å². The van der Waals surface area contributed by atoms with Crippen LogP contribution in [0.4, 0.5) is 0 Å². The number of carbonyl (C=O) groups excluding carboxylic acids is 1. The van der Waals surface area contributed by atoms with Crippen molar-refractivity contribution in [2.45, 2.75) is 6.42 Å². The van der Waals surface area contributed by atoms with E-state index in [0.29, 0.717) is 6.42 Å². The van der Waals surface area contributed by atoms with Crippen molar-refractivity contribution in [2.75, 3.05) is 13.7 Å². The van der Waals surface area contributed by atoms with E-state index in [4.69, 9.17) is 4.74 Å². The van der Waals surface area contributed by atoms with Gasteiger partial charge in [-0.3, -0.25) is 9.20 Å². The van der Waals surface area contributed by atoms with Crippen LogP contribution in [0, 0.1) is 0 Å². The van der Waals surface area contributed by atoms with Gasteiger partial charge >= 0.3 is 0 Å². The van der Waals surface area contributed by atoms with Crippen molar-refractivity contribution >= 4 is 22.1 Å². The number of fused-ring (bicyclic) bond motifs is 1. The molecule has 0 radical (unpaired) electrons. The number of rotatable bonds is 4. The molecule has 0 fully saturated rings. The molecule has 2 heterocycles. The third kappa shape index (κ3) is 1.83. The Morgan fingerprint density at radius 2 is 2.57 bits per heavy atom. The molecule has 5 heteroatoms. The average molecular weight is 210 g/mol. The molecular weight excluding hydrogens is 200 g/mol. The number of methoxy groups -OCH3 is 1. The van der Waals surface area contributed by atoms with Crippen molar-refractivity contribution in [3.63, 3.8) is 0 Å². The fourth-order valence-corrected chi connectivity index (χ4v) is 1.99. The highest BCUT2D eigenvalue weighted by molar-refractivity contribution is 7.15. The molecule has 0 aliphatic carbocycles. The summed E-state index contributed by atoms with van der Waals surface area (Å²) in [5.74, 6) is 0.0539. The minimum atomic E-state index is 0.0539. The van der Waals surface area contributed by atoms with Crippen LogP contribution < -0.4 is 0 Å². The highest BCUT2D eigenvalue weighted by Gasteiger charge is 2.07. The van der Waals surface area contributed by atoms with E-state index in [2.05, 4.69) is 4.98 Å². The van der Waals surface area contributed by atoms with E-state index < -0.39 is 0 Å². The first-order chi connectivity index (χ1) is 6.79. The maximum atomic E-state index is 11.2. The molecule has 0 bridgehead atoms. The molecule has 74 valence electrons. The Hall–Kier alpha value is -1.20. The van der Waals surface area contributed by atoms with Crippen molar-refractivity contribution in [3.05, 3.63) is 23.5 Å². The number of hydrogen-bond donors (Lipinski definition) is 0. The molecule has 14 heavy (non-hydrogen) atoms. The summed E-state index contributed by atoms with van der Waals surface area (Å²) < 4.78 is 6.67. The van der Waals surface area contributed by atoms with E-state index in [0.717, 1.165) is 10.7 Å². The van der Waals surface area contributed by atoms with Gasteiger partial charge in [-0.25, -0.2) is 4.98 Å². The lowest BCUT2D eigenvalue weighted by atomic mass is 10.2. The molecule has 0 spiro atoms. The van der Waals surface area contributed by atoms with Crippen molar-refractivity contribution in [1.29, 1.82) is 0 Å². The summed E-state index contributed by atoms with van der Waals surface area (Å²) in [7, 11) is 1.52. The topological polar surface area (TPSA) is 43.6 Å². The highest BCUT2D eigenvalue weighted by Crippen LogP contribution is 2.11. The maximum absolute atomic E-state index is 11.2. The van der Waals surface area contributed by atoms with Gasteiger partial charge in [0.05, 0.1) is 12.1 Å². The average Bonchev–Trinajstić information content (AvgIpc) is 2.63. The van der Waals surface area contributed by atoms with Gasteiger partial charge in [-0.1, -0.05) is 0 Å². The molecule has 0 aliphatic rings. The van der Waals surface area contributed by atoms with E-state index in [1.54, 1.807) is 11.3 Å². The van der Waals surface area contributed by atoms with Crippen molar-refractivity contribution < 1.29 is 9.53 Å². The van der Waals surface area contributed by atoms with Gasteiger partial charge in [-0.2, -0.15) is 0 Å². The smallest absolute Gasteiger partial charge is 0.193 e. The lowest BCUT2D eigenvalue weighted by molar-refractivity contribution is -0.122. The summed E-state index contributed by atoms with van der Waals surface area (Å²) in [6.45, 7) is 0.158. The molecule has 0 saturated carbocycles. The van der Waals surface area contributed by atoms with Crippen LogP contribution >= 0.6 is 11.3 Å². The largest absolute Gasteiger partial charge is 0.377 e. The van der Waals surface area contributed by atoms with Crippen LogP contribution in [0.5, 0.6) is 0 Å². The third-order valence-electron chi connectivity index (χ3n) is 1.83. The Balaban J connectivity index is 2.11. The molecule has 2 aromatic heterocycles. The standard InChI is InChI=1S/C9H10N2O2S/c1-13-6-8(12)4-7-5-11-2-3-14-9(11)10-7/h2-3,5H,4,6H2,1H3. The third-order valence-corrected chi connectivity index (χ3v) is 2.60. The van der Waals surface area contributed by atoms with Gasteiger partial charge in [0.15, 0.2) is 10.7 Å². The van der Waals surface area contributed by atoms with Gasteiger partial charge in [-0.05, 0) is 0 Å². The minimum absolute atomic E-state index is 0.0539. The number of nitrogens with zero attached hydrogens (tertiary/aromatic N) is 2. The van der Waals surface area contributed by atoms with Gasteiger partial charge in [0.1, 0.15) is 6.61 Å². The fourth-order valence-electron chi connectivity index (χ4n) is 1.28. The fraction of sp³-hybridized carbons (Fsp3) is 0.333. The van der Waals surface area contributed by atoms with E-state index in [1.165, 1.54) is 7.11 Å². The van der Waals surface area contributed by atoms with Crippen molar-refractivity contribution in [2.24, 2.45) is 0 Å². The lowest BCUT2D eigenvalue weighted by Gasteiger charge is -1.94. The number of thiazole rings is 1. The van der Waals surface area contributed by atoms with Crippen LogP contribution in [-0.2, 0) is 16.0 Å². The molecule has 4 nitrogen and oxygen atoms in total. The van der Waals surface area contributed by atoms with Gasteiger partial charge in [0.2, 0.25) is 0 Å². The zero-order valence-corrected chi connectivity index (χ0v) is 8.58. The van der Waals surface area contributed by atoms with Crippen LogP contribution in [0.25, 0.3) is 4.96 Å². The Morgan fingerprint density at radius 1 is 1.71 bits per heavy atom. The monoisotopic (exact) mass is 210 g/mol. The number of ether oxygens (including phenoxy) is 1. The quantitative estimate of drug-likeness (QED) is 0.760. The summed E-state index contributed by atoms with van der Waals surface area (Å²) in [6.07, 6.45) is 4.15. The first-order valence-corrected chi connectivity index (χ1v) is 5.09. The predicted molar refractivity (Wildman–Crippen MR) is 53.7 cm³/mol. The van der Waals surface area contributed by atoms with Crippen LogP contribution in [0.2, 0.25) is 0 Å². The second-order valence-electron chi connectivity index (χ2n) is 2.97. The molecule has 0 unspecified atom stereocenters. The number of aromatic nitrogens is 2. The van der Waals surface area contributed by atoms with Crippen LogP contribution in [0.3, 0.4) is 0 Å². The van der Waals surface area contributed by atoms with E-state index in [-0.39, 0.29) is 12.4 Å². The first kappa shape index (κ1) is 9.36. The van der Waals surface area contributed by atoms with Crippen LogP contribution in [0.1, 0.15) is 5.69 Å². The first-order valence-electron chi connectivity index (χ1n) is 4.21. The summed E-state index contributed by atoms with van der Waals surface area (Å²) in [5, 5.41) is 1.96. The van der Waals surface area contributed by atoms with E-state index in [9.17, 15) is 4.79 Å². The Morgan fingerprint density at radius 3 is 3.29 bits per heavy atom. The Bertz CT molecular complexity index is 418. The highest BCUT2D eigenvalue weighted by atomic mass is 32.1. The minimum Gasteiger partial charge on any atom is -0.377 e. The SMILES string of the molecule is COCC(=O)Cc1cn2ccsc2n1. The zero-order chi connectivity index (χ0) is 9.97. The second kappa shape index (κ2) is 3.89. The van der Waals surface area contributed by atoms with Gasteiger partial charge in [0, 0.05) is 24.9 Å². The molecular formula is C9H10N2O2S. The van der Waals surface area contributed by atoms with Gasteiger partial charge in [0.25, 0.3) is 0 Å². The van der Waals surface area contributed by atoms with Gasteiger partial charge < -0.3 is 4.74 Å². The maximum Gasteiger partial charge on any atom is 0.193 e. The molecule has 0 aromatic carbocycles. The number of Topliss-reactive ketones (excluding diaryl/α,β-unsaturated/α-hetero) is 1. The summed E-state index contributed by atoms with van der Waals surface area (Å²) in [6, 6.07) is 0. The van der Waals surface area contributed by atoms with E-state index in [1.807, 2.05) is 22.2 Å². The Kier molecular flexibility index (Phi) is 2.60. The van der Waals surface area contributed by atoms with Crippen molar-refractivity contribution in [1.82, 2.24) is 9.38 Å². The summed E-state index contributed by atoms with van der Waals surface area (Å²) in [4.78, 5) is 16.5. The number of carbonyl (C=O) groups is 1. The second-order valence-corrected chi connectivity index (χ2v) is 3.85. The molecule has 0 amide bonds. The predicted octanol–water partition coefficient (Wildman–Crippen LogP) is 1.15. The van der Waals surface area contributed by atoms with Crippen LogP contribution in [0.15, 0.2) is 17.8 Å². The number of hydrogen-bond acceptors (Lipinski definition) is 4. The molecule has 0 aliphatic heterocycles. The molecule has 0 N–H and O–H groups in total. The molecule has 2 rings (SSSR count). The van der Waals surface area contributed by atoms with Crippen LogP contribution in [-0.4, -0.2) is 28.9 Å². The molecule has 0 atom stereocenters. The zero-order valence-electron chi connectivity index (χ0n) is 7.77.